The highest BCUT2D eigenvalue weighted by Crippen LogP contribution is 2.23. The molecule has 32 heavy (non-hydrogen) atoms. The van der Waals surface area contributed by atoms with E-state index in [1.54, 1.807) is 36.5 Å². The first-order chi connectivity index (χ1) is 15.5. The number of pyridine rings is 1. The van der Waals surface area contributed by atoms with Gasteiger partial charge >= 0.3 is 0 Å². The predicted octanol–water partition coefficient (Wildman–Crippen LogP) is 4.50. The summed E-state index contributed by atoms with van der Waals surface area (Å²) in [6.45, 7) is 1.84. The zero-order chi connectivity index (χ0) is 22.2. The Morgan fingerprint density at radius 1 is 1.03 bits per heavy atom. The van der Waals surface area contributed by atoms with Crippen LogP contribution in [-0.2, 0) is 0 Å². The summed E-state index contributed by atoms with van der Waals surface area (Å²) in [5, 5.41) is 7.21. The fourth-order valence-electron chi connectivity index (χ4n) is 3.77. The number of hydrogen-bond acceptors (Lipinski definition) is 3. The standard InChI is InChI=1S/C25H19FN4O2/c1-15(16-7-10-18(26)11-8-16)28-24(31)17-9-12-22-20(13-17)23-21(14-27-22)25(32)30(29-23)19-5-3-2-4-6-19/h2-15,29H,1H3,(H,28,31)/t15-/m0/s1. The number of fused-ring (bicyclic) bond motifs is 3. The molecule has 0 radical (unpaired) electrons. The average molecular weight is 426 g/mol. The molecule has 0 aliphatic carbocycles. The molecule has 0 aliphatic rings. The number of benzene rings is 3. The van der Waals surface area contributed by atoms with Crippen LogP contribution in [0.25, 0.3) is 27.5 Å². The number of aromatic amines is 1. The Morgan fingerprint density at radius 2 is 1.78 bits per heavy atom. The molecule has 1 amide bonds. The number of nitrogens with one attached hydrogen (secondary N) is 2. The van der Waals surface area contributed by atoms with Crippen molar-refractivity contribution in [1.82, 2.24) is 20.1 Å². The quantitative estimate of drug-likeness (QED) is 0.444. The minimum atomic E-state index is -0.324. The average Bonchev–Trinajstić information content (AvgIpc) is 3.16. The highest BCUT2D eigenvalue weighted by molar-refractivity contribution is 6.06. The van der Waals surface area contributed by atoms with Gasteiger partial charge in [0, 0.05) is 17.1 Å². The Hall–Kier alpha value is -4.26. The van der Waals surface area contributed by atoms with E-state index in [0.717, 1.165) is 5.56 Å². The number of halogens is 1. The van der Waals surface area contributed by atoms with Crippen LogP contribution in [0.15, 0.2) is 83.8 Å². The van der Waals surface area contributed by atoms with Crippen LogP contribution in [0.1, 0.15) is 28.9 Å². The largest absolute Gasteiger partial charge is 0.346 e. The molecule has 2 heterocycles. The highest BCUT2D eigenvalue weighted by atomic mass is 19.1. The predicted molar refractivity (Wildman–Crippen MR) is 121 cm³/mol. The number of hydrogen-bond donors (Lipinski definition) is 2. The second-order valence-electron chi connectivity index (χ2n) is 7.61. The van der Waals surface area contributed by atoms with E-state index in [-0.39, 0.29) is 23.3 Å². The SMILES string of the molecule is C[C@H](NC(=O)c1ccc2ncc3c(=O)n(-c4ccccc4)[nH]c3c2c1)c1ccc(F)cc1. The lowest BCUT2D eigenvalue weighted by molar-refractivity contribution is 0.0940. The van der Waals surface area contributed by atoms with Gasteiger partial charge in [-0.25, -0.2) is 9.07 Å². The molecule has 5 aromatic rings. The number of carbonyl (C=O) groups excluding carboxylic acids is 1. The molecule has 1 atom stereocenters. The maximum Gasteiger partial charge on any atom is 0.280 e. The van der Waals surface area contributed by atoms with Crippen molar-refractivity contribution in [2.75, 3.05) is 0 Å². The van der Waals surface area contributed by atoms with Gasteiger partial charge in [0.25, 0.3) is 11.5 Å². The van der Waals surface area contributed by atoms with Crippen molar-refractivity contribution in [2.24, 2.45) is 0 Å². The molecule has 2 N–H and O–H groups in total. The van der Waals surface area contributed by atoms with Gasteiger partial charge in [-0.05, 0) is 55.0 Å². The van der Waals surface area contributed by atoms with E-state index in [1.807, 2.05) is 37.3 Å². The molecule has 0 saturated heterocycles. The van der Waals surface area contributed by atoms with Gasteiger partial charge in [-0.1, -0.05) is 30.3 Å². The van der Waals surface area contributed by atoms with Crippen molar-refractivity contribution in [3.8, 4) is 5.69 Å². The third-order valence-electron chi connectivity index (χ3n) is 5.52. The van der Waals surface area contributed by atoms with Crippen LogP contribution >= 0.6 is 0 Å². The minimum Gasteiger partial charge on any atom is -0.346 e. The Labute approximate surface area is 182 Å². The lowest BCUT2D eigenvalue weighted by Gasteiger charge is -2.14. The fraction of sp³-hybridized carbons (Fsp3) is 0.0800. The van der Waals surface area contributed by atoms with Crippen LogP contribution in [0.3, 0.4) is 0 Å². The molecule has 0 aliphatic heterocycles. The van der Waals surface area contributed by atoms with Gasteiger partial charge in [0.2, 0.25) is 0 Å². The summed E-state index contributed by atoms with van der Waals surface area (Å²) >= 11 is 0. The molecular weight excluding hydrogens is 407 g/mol. The number of H-pyrrole nitrogens is 1. The smallest absolute Gasteiger partial charge is 0.280 e. The number of nitrogens with zero attached hydrogens (tertiary/aromatic N) is 2. The molecular formula is C25H19FN4O2. The summed E-state index contributed by atoms with van der Waals surface area (Å²) in [6, 6.07) is 20.2. The first-order valence-electron chi connectivity index (χ1n) is 10.2. The van der Waals surface area contributed by atoms with E-state index in [0.29, 0.717) is 33.1 Å². The van der Waals surface area contributed by atoms with E-state index < -0.39 is 0 Å². The van der Waals surface area contributed by atoms with Crippen LogP contribution in [0.5, 0.6) is 0 Å². The fourth-order valence-corrected chi connectivity index (χ4v) is 3.77. The maximum atomic E-state index is 13.2. The second kappa shape index (κ2) is 7.77. The normalized spacial score (nSPS) is 12.2. The molecule has 0 saturated carbocycles. The molecule has 158 valence electrons. The van der Waals surface area contributed by atoms with Crippen molar-refractivity contribution in [3.63, 3.8) is 0 Å². The van der Waals surface area contributed by atoms with Gasteiger partial charge in [-0.2, -0.15) is 0 Å². The van der Waals surface area contributed by atoms with Crippen LogP contribution in [0, 0.1) is 5.82 Å². The van der Waals surface area contributed by atoms with Gasteiger partial charge in [0.15, 0.2) is 0 Å². The van der Waals surface area contributed by atoms with Crippen LogP contribution in [-0.4, -0.2) is 20.7 Å². The molecule has 0 fully saturated rings. The first kappa shape index (κ1) is 19.7. The number of rotatable bonds is 4. The Bertz CT molecular complexity index is 1500. The van der Waals surface area contributed by atoms with E-state index in [1.165, 1.54) is 16.8 Å². The van der Waals surface area contributed by atoms with Crippen molar-refractivity contribution < 1.29 is 9.18 Å². The van der Waals surface area contributed by atoms with E-state index in [9.17, 15) is 14.0 Å². The Morgan fingerprint density at radius 3 is 2.53 bits per heavy atom. The molecule has 2 aromatic heterocycles. The molecule has 0 unspecified atom stereocenters. The van der Waals surface area contributed by atoms with Crippen LogP contribution in [0.2, 0.25) is 0 Å². The molecule has 0 spiro atoms. The number of aromatic nitrogens is 3. The lowest BCUT2D eigenvalue weighted by Crippen LogP contribution is -2.26. The van der Waals surface area contributed by atoms with E-state index >= 15 is 0 Å². The van der Waals surface area contributed by atoms with Crippen molar-refractivity contribution in [3.05, 3.63) is 106 Å². The second-order valence-corrected chi connectivity index (χ2v) is 7.61. The first-order valence-corrected chi connectivity index (χ1v) is 10.2. The maximum absolute atomic E-state index is 13.2. The summed E-state index contributed by atoms with van der Waals surface area (Å²) in [5.41, 5.74) is 3.03. The van der Waals surface area contributed by atoms with Crippen molar-refractivity contribution in [2.45, 2.75) is 13.0 Å². The summed E-state index contributed by atoms with van der Waals surface area (Å²) in [6.07, 6.45) is 1.55. The highest BCUT2D eigenvalue weighted by Gasteiger charge is 2.16. The van der Waals surface area contributed by atoms with Gasteiger partial charge in [0.05, 0.1) is 28.1 Å². The summed E-state index contributed by atoms with van der Waals surface area (Å²) in [5.74, 6) is -0.597. The lowest BCUT2D eigenvalue weighted by atomic mass is 10.1. The molecule has 7 heteroatoms. The van der Waals surface area contributed by atoms with E-state index in [4.69, 9.17) is 0 Å². The summed E-state index contributed by atoms with van der Waals surface area (Å²) in [7, 11) is 0. The Balaban J connectivity index is 1.53. The van der Waals surface area contributed by atoms with Crippen molar-refractivity contribution in [1.29, 1.82) is 0 Å². The van der Waals surface area contributed by atoms with Crippen molar-refractivity contribution >= 4 is 27.7 Å². The minimum absolute atomic E-state index is 0.208. The molecule has 5 rings (SSSR count). The summed E-state index contributed by atoms with van der Waals surface area (Å²) < 4.78 is 14.6. The molecule has 0 bridgehead atoms. The number of carbonyl (C=O) groups is 1. The van der Waals surface area contributed by atoms with Crippen LogP contribution in [0.4, 0.5) is 4.39 Å². The zero-order valence-electron chi connectivity index (χ0n) is 17.2. The van der Waals surface area contributed by atoms with E-state index in [2.05, 4.69) is 15.4 Å². The van der Waals surface area contributed by atoms with Gasteiger partial charge in [-0.3, -0.25) is 19.7 Å². The molecule has 6 nitrogen and oxygen atoms in total. The molecule has 3 aromatic carbocycles. The number of amides is 1. The van der Waals surface area contributed by atoms with Gasteiger partial charge in [-0.15, -0.1) is 0 Å². The summed E-state index contributed by atoms with van der Waals surface area (Å²) in [4.78, 5) is 30.2. The third kappa shape index (κ3) is 3.43. The van der Waals surface area contributed by atoms with Gasteiger partial charge < -0.3 is 5.32 Å². The zero-order valence-corrected chi connectivity index (χ0v) is 17.2. The van der Waals surface area contributed by atoms with Crippen LogP contribution < -0.4 is 10.9 Å². The third-order valence-corrected chi connectivity index (χ3v) is 5.52. The Kier molecular flexibility index (Phi) is 4.78. The topological polar surface area (TPSA) is 79.8 Å². The monoisotopic (exact) mass is 426 g/mol. The number of para-hydroxylation sites is 1. The van der Waals surface area contributed by atoms with Gasteiger partial charge in [0.1, 0.15) is 5.82 Å².